The van der Waals surface area contributed by atoms with Crippen molar-refractivity contribution in [3.63, 3.8) is 0 Å². The Hall–Kier alpha value is -0.440. The van der Waals surface area contributed by atoms with Crippen LogP contribution in [0.1, 0.15) is 0 Å². The molecule has 11 heavy (non-hydrogen) atoms. The van der Waals surface area contributed by atoms with Crippen LogP contribution < -0.4 is 67.7 Å². The summed E-state index contributed by atoms with van der Waals surface area (Å²) in [5, 5.41) is 0. The molecule has 0 saturated carbocycles. The third-order valence-corrected chi connectivity index (χ3v) is 0. The van der Waals surface area contributed by atoms with E-state index in [4.69, 9.17) is 0 Å². The standard InChI is InChI=1S/11H3N/h11*1H3. The minimum Gasteiger partial charge on any atom is -0.344 e. The van der Waals surface area contributed by atoms with Crippen LogP contribution in [0.15, 0.2) is 0 Å². The summed E-state index contributed by atoms with van der Waals surface area (Å²) in [5.41, 5.74) is 0. The first-order valence-corrected chi connectivity index (χ1v) is 0. The van der Waals surface area contributed by atoms with Crippen molar-refractivity contribution in [2.24, 2.45) is 0 Å². The molecule has 0 aliphatic rings. The molecule has 0 fully saturated rings. The Bertz CT molecular complexity index is 0. The van der Waals surface area contributed by atoms with Gasteiger partial charge in [0, 0.05) is 0 Å². The topological polar surface area (TPSA) is 385 Å². The Morgan fingerprint density at radius 3 is 0.0909 bits per heavy atom. The van der Waals surface area contributed by atoms with Crippen molar-refractivity contribution in [1.82, 2.24) is 67.7 Å². The van der Waals surface area contributed by atoms with E-state index in [9.17, 15) is 0 Å². The molecule has 0 atom stereocenters. The minimum absolute atomic E-state index is 0. The van der Waals surface area contributed by atoms with Gasteiger partial charge in [0.2, 0.25) is 0 Å². The normalized spacial score (nSPS) is 0. The number of rotatable bonds is 0. The van der Waals surface area contributed by atoms with Crippen LogP contribution in [0, 0.1) is 0 Å². The Morgan fingerprint density at radius 2 is 0.0909 bits per heavy atom. The van der Waals surface area contributed by atoms with Gasteiger partial charge < -0.3 is 67.7 Å². The zero-order chi connectivity index (χ0) is 0. The van der Waals surface area contributed by atoms with Crippen molar-refractivity contribution in [3.8, 4) is 0 Å². The lowest BCUT2D eigenvalue weighted by atomic mass is 14.0. The summed E-state index contributed by atoms with van der Waals surface area (Å²) in [4.78, 5) is 0. The van der Waals surface area contributed by atoms with E-state index >= 15 is 0 Å². The second-order valence-electron chi connectivity index (χ2n) is 0. The quantitative estimate of drug-likeness (QED) is 0.259. The van der Waals surface area contributed by atoms with Crippen LogP contribution in [0.5, 0.6) is 0 Å². The second-order valence-corrected chi connectivity index (χ2v) is 0. The van der Waals surface area contributed by atoms with Gasteiger partial charge in [-0.2, -0.15) is 0 Å². The molecule has 0 aromatic heterocycles. The largest absolute Gasteiger partial charge is 0.344 e. The van der Waals surface area contributed by atoms with Gasteiger partial charge in [-0.25, -0.2) is 0 Å². The summed E-state index contributed by atoms with van der Waals surface area (Å²) >= 11 is 0. The fourth-order valence-electron chi connectivity index (χ4n) is 0. The average molecular weight is 187 g/mol. The molecule has 0 rings (SSSR count). The predicted octanol–water partition coefficient (Wildman–Crippen LogP) is 1.78. The molecule has 0 radical (unpaired) electrons. The first kappa shape index (κ1) is 4990. The van der Waals surface area contributed by atoms with Crippen molar-refractivity contribution in [2.45, 2.75) is 0 Å². The molecule has 0 saturated heterocycles. The van der Waals surface area contributed by atoms with E-state index in [2.05, 4.69) is 0 Å². The molecule has 88 valence electrons. The Kier molecular flexibility index (Phi) is 1640000. The Balaban J connectivity index is 0. The van der Waals surface area contributed by atoms with E-state index in [-0.39, 0.29) is 67.7 Å². The van der Waals surface area contributed by atoms with E-state index < -0.39 is 0 Å². The van der Waals surface area contributed by atoms with Gasteiger partial charge in [-0.3, -0.25) is 0 Å². The highest BCUT2D eigenvalue weighted by Gasteiger charge is -0.334. The van der Waals surface area contributed by atoms with Gasteiger partial charge in [0.15, 0.2) is 0 Å². The van der Waals surface area contributed by atoms with Gasteiger partial charge in [-0.1, -0.05) is 0 Å². The Labute approximate surface area is 68.9 Å². The fraction of sp³-hybridized carbons (Fsp3) is 0. The number of hydrogen-bond acceptors (Lipinski definition) is 11. The molecule has 0 amide bonds. The summed E-state index contributed by atoms with van der Waals surface area (Å²) in [6.07, 6.45) is 0. The lowest BCUT2D eigenvalue weighted by molar-refractivity contribution is 2.13. The molecule has 11 heteroatoms. The van der Waals surface area contributed by atoms with Gasteiger partial charge >= 0.3 is 0 Å². The predicted molar refractivity (Wildman–Crippen MR) is 55.2 cm³/mol. The number of hydrogen-bond donors (Lipinski definition) is 11. The second kappa shape index (κ2) is 3620. The van der Waals surface area contributed by atoms with E-state index in [1.165, 1.54) is 0 Å². The van der Waals surface area contributed by atoms with Crippen molar-refractivity contribution in [2.75, 3.05) is 0 Å². The average Bonchev–Trinajstić information content (AvgIpc) is 0. The third-order valence-electron chi connectivity index (χ3n) is 0. The highest BCUT2D eigenvalue weighted by atomic mass is 14.0. The van der Waals surface area contributed by atoms with E-state index in [0.29, 0.717) is 0 Å². The molecule has 0 aliphatic heterocycles. The van der Waals surface area contributed by atoms with Gasteiger partial charge in [0.05, 0.1) is 0 Å². The monoisotopic (exact) mass is 187 g/mol. The highest BCUT2D eigenvalue weighted by molar-refractivity contribution is 2.14. The minimum atomic E-state index is 0. The van der Waals surface area contributed by atoms with E-state index in [0.717, 1.165) is 0 Å². The molecule has 0 heterocycles. The van der Waals surface area contributed by atoms with E-state index in [1.807, 2.05) is 0 Å². The maximum Gasteiger partial charge on any atom is -0.344 e. The molecule has 0 spiro atoms. The summed E-state index contributed by atoms with van der Waals surface area (Å²) in [6.45, 7) is 0. The SMILES string of the molecule is N.N.N.N.N.N.N.N.N.N.N. The van der Waals surface area contributed by atoms with Crippen LogP contribution >= 0.6 is 0 Å². The van der Waals surface area contributed by atoms with Crippen LogP contribution in [0.4, 0.5) is 0 Å². The zero-order valence-corrected chi connectivity index (χ0v) is 7.78. The first-order valence-electron chi connectivity index (χ1n) is 0. The van der Waals surface area contributed by atoms with Crippen LogP contribution in [-0.4, -0.2) is 0 Å². The molecule has 33 N–H and O–H groups in total. The Morgan fingerprint density at radius 1 is 0.0909 bits per heavy atom. The molecule has 0 aromatic rings. The highest BCUT2D eigenvalue weighted by Crippen LogP contribution is -0.471. The lowest BCUT2D eigenvalue weighted by Crippen LogP contribution is -0.482. The summed E-state index contributed by atoms with van der Waals surface area (Å²) < 4.78 is 0. The molecule has 0 unspecified atom stereocenters. The van der Waals surface area contributed by atoms with Gasteiger partial charge in [-0.05, 0) is 0 Å². The van der Waals surface area contributed by atoms with Gasteiger partial charge in [-0.15, -0.1) is 0 Å². The molecule has 0 aromatic carbocycles. The van der Waals surface area contributed by atoms with Crippen molar-refractivity contribution < 1.29 is 0 Å². The molecule has 0 aliphatic carbocycles. The molecular formula is H33N11. The summed E-state index contributed by atoms with van der Waals surface area (Å²) in [6, 6.07) is 0. The maximum absolute atomic E-state index is 0. The molecular weight excluding hydrogens is 154 g/mol. The van der Waals surface area contributed by atoms with Crippen molar-refractivity contribution in [3.05, 3.63) is 0 Å². The zero-order valence-electron chi connectivity index (χ0n) is 7.78. The maximum atomic E-state index is 0. The van der Waals surface area contributed by atoms with Crippen molar-refractivity contribution in [1.29, 1.82) is 0 Å². The lowest BCUT2D eigenvalue weighted by Gasteiger charge is -0.345. The van der Waals surface area contributed by atoms with Crippen LogP contribution in [-0.2, 0) is 0 Å². The summed E-state index contributed by atoms with van der Waals surface area (Å²) in [5.74, 6) is 0. The van der Waals surface area contributed by atoms with Crippen molar-refractivity contribution >= 4 is 0 Å². The summed E-state index contributed by atoms with van der Waals surface area (Å²) in [7, 11) is 0. The van der Waals surface area contributed by atoms with Gasteiger partial charge in [0.25, 0.3) is 0 Å². The van der Waals surface area contributed by atoms with Crippen LogP contribution in [0.2, 0.25) is 0 Å². The fourth-order valence-corrected chi connectivity index (χ4v) is 0. The smallest absolute Gasteiger partial charge is 0.344 e. The first-order chi connectivity index (χ1) is 0. The van der Waals surface area contributed by atoms with E-state index in [1.54, 1.807) is 0 Å². The molecule has 11 nitrogen and oxygen atoms in total. The molecule has 0 bridgehead atoms. The van der Waals surface area contributed by atoms with Crippen LogP contribution in [0.25, 0.3) is 0 Å². The van der Waals surface area contributed by atoms with Gasteiger partial charge in [0.1, 0.15) is 0 Å². The third kappa shape index (κ3) is 2820. The van der Waals surface area contributed by atoms with Crippen LogP contribution in [0.3, 0.4) is 0 Å².